The van der Waals surface area contributed by atoms with Crippen LogP contribution in [-0.2, 0) is 0 Å². The molecule has 0 atom stereocenters. The Morgan fingerprint density at radius 1 is 1.50 bits per heavy atom. The van der Waals surface area contributed by atoms with Gasteiger partial charge in [0.1, 0.15) is 0 Å². The minimum Gasteiger partial charge on any atom is -0.490 e. The molecule has 16 heavy (non-hydrogen) atoms. The van der Waals surface area contributed by atoms with Crippen LogP contribution >= 0.6 is 0 Å². The number of hydrogen-bond donors (Lipinski definition) is 1. The van der Waals surface area contributed by atoms with Gasteiger partial charge in [0.25, 0.3) is 0 Å². The van der Waals surface area contributed by atoms with E-state index in [4.69, 9.17) is 4.74 Å². The van der Waals surface area contributed by atoms with Gasteiger partial charge in [-0.25, -0.2) is 4.39 Å². The lowest BCUT2D eigenvalue weighted by molar-refractivity contribution is -0.385. The summed E-state index contributed by atoms with van der Waals surface area (Å²) in [7, 11) is 1.30. The normalized spacial score (nSPS) is 10.3. The number of nitro groups is 1. The van der Waals surface area contributed by atoms with E-state index in [1.807, 2.05) is 13.8 Å². The largest absolute Gasteiger partial charge is 0.490 e. The summed E-state index contributed by atoms with van der Waals surface area (Å²) in [5.74, 6) is -0.629. The molecule has 0 amide bonds. The van der Waals surface area contributed by atoms with Crippen LogP contribution in [0.25, 0.3) is 0 Å². The molecule has 88 valence electrons. The van der Waals surface area contributed by atoms with Crippen LogP contribution in [0.15, 0.2) is 12.1 Å². The van der Waals surface area contributed by atoms with Gasteiger partial charge in [0, 0.05) is 12.1 Å². The fourth-order valence-corrected chi connectivity index (χ4v) is 1.27. The number of ether oxygens (including phenoxy) is 1. The highest BCUT2D eigenvalue weighted by Gasteiger charge is 2.19. The number of nitrogens with one attached hydrogen (secondary N) is 1. The first kappa shape index (κ1) is 12.2. The number of benzene rings is 1. The third-order valence-corrected chi connectivity index (χ3v) is 1.91. The Bertz CT molecular complexity index is 407. The number of anilines is 1. The van der Waals surface area contributed by atoms with Crippen molar-refractivity contribution in [1.82, 2.24) is 0 Å². The van der Waals surface area contributed by atoms with E-state index in [2.05, 4.69) is 5.32 Å². The third kappa shape index (κ3) is 2.59. The highest BCUT2D eigenvalue weighted by molar-refractivity contribution is 5.59. The average Bonchev–Trinajstić information content (AvgIpc) is 2.19. The molecule has 0 radical (unpaired) electrons. The summed E-state index contributed by atoms with van der Waals surface area (Å²) in [6, 6.07) is 2.16. The predicted octanol–water partition coefficient (Wildman–Crippen LogP) is 2.56. The Labute approximate surface area is 92.4 Å². The molecular formula is C10H13FN2O3. The molecule has 0 aliphatic heterocycles. The quantitative estimate of drug-likeness (QED) is 0.635. The fourth-order valence-electron chi connectivity index (χ4n) is 1.27. The van der Waals surface area contributed by atoms with E-state index in [-0.39, 0.29) is 23.2 Å². The lowest BCUT2D eigenvalue weighted by Crippen LogP contribution is -2.11. The first-order valence-electron chi connectivity index (χ1n) is 4.74. The Morgan fingerprint density at radius 2 is 2.12 bits per heavy atom. The van der Waals surface area contributed by atoms with Crippen LogP contribution in [0.1, 0.15) is 13.8 Å². The summed E-state index contributed by atoms with van der Waals surface area (Å²) in [4.78, 5) is 9.93. The van der Waals surface area contributed by atoms with Gasteiger partial charge < -0.3 is 10.1 Å². The van der Waals surface area contributed by atoms with E-state index in [1.54, 1.807) is 0 Å². The topological polar surface area (TPSA) is 64.4 Å². The van der Waals surface area contributed by atoms with Crippen molar-refractivity contribution in [2.45, 2.75) is 19.9 Å². The summed E-state index contributed by atoms with van der Waals surface area (Å²) >= 11 is 0. The van der Waals surface area contributed by atoms with Crippen LogP contribution < -0.4 is 10.1 Å². The first-order valence-corrected chi connectivity index (χ1v) is 4.74. The van der Waals surface area contributed by atoms with Crippen LogP contribution in [0.2, 0.25) is 0 Å². The summed E-state index contributed by atoms with van der Waals surface area (Å²) in [6.45, 7) is 3.68. The molecule has 0 aliphatic carbocycles. The van der Waals surface area contributed by atoms with Gasteiger partial charge in [-0.05, 0) is 13.8 Å². The van der Waals surface area contributed by atoms with E-state index >= 15 is 0 Å². The van der Waals surface area contributed by atoms with E-state index < -0.39 is 10.7 Å². The predicted molar refractivity (Wildman–Crippen MR) is 58.4 cm³/mol. The summed E-state index contributed by atoms with van der Waals surface area (Å²) < 4.78 is 18.3. The minimum absolute atomic E-state index is 0.0284. The molecule has 0 unspecified atom stereocenters. The van der Waals surface area contributed by atoms with Crippen molar-refractivity contribution in [3.63, 3.8) is 0 Å². The van der Waals surface area contributed by atoms with Gasteiger partial charge >= 0.3 is 5.69 Å². The Kier molecular flexibility index (Phi) is 3.65. The lowest BCUT2D eigenvalue weighted by atomic mass is 10.2. The fraction of sp³-hybridized carbons (Fsp3) is 0.400. The van der Waals surface area contributed by atoms with Gasteiger partial charge in [0.15, 0.2) is 11.6 Å². The van der Waals surface area contributed by atoms with Crippen LogP contribution in [0.3, 0.4) is 0 Å². The number of methoxy groups -OCH3 is 1. The summed E-state index contributed by atoms with van der Waals surface area (Å²) in [6.07, 6.45) is 0. The zero-order valence-electron chi connectivity index (χ0n) is 9.28. The first-order chi connectivity index (χ1) is 7.45. The van der Waals surface area contributed by atoms with Crippen molar-refractivity contribution in [1.29, 1.82) is 0 Å². The van der Waals surface area contributed by atoms with Crippen molar-refractivity contribution in [2.24, 2.45) is 0 Å². The number of nitro benzene ring substituents is 1. The van der Waals surface area contributed by atoms with Crippen molar-refractivity contribution in [3.05, 3.63) is 28.1 Å². The zero-order valence-corrected chi connectivity index (χ0v) is 9.28. The number of halogens is 1. The van der Waals surface area contributed by atoms with Crippen molar-refractivity contribution < 1.29 is 14.1 Å². The second kappa shape index (κ2) is 4.78. The Hall–Kier alpha value is -1.85. The molecule has 1 N–H and O–H groups in total. The third-order valence-electron chi connectivity index (χ3n) is 1.91. The molecule has 0 spiro atoms. The van der Waals surface area contributed by atoms with Gasteiger partial charge in [-0.15, -0.1) is 0 Å². The standard InChI is InChI=1S/C10H13FN2O3/c1-6(2)12-8-5-10(16-3)9(13(14)15)4-7(8)11/h4-6,12H,1-3H3. The highest BCUT2D eigenvalue weighted by Crippen LogP contribution is 2.32. The number of hydrogen-bond acceptors (Lipinski definition) is 4. The van der Waals surface area contributed by atoms with Crippen LogP contribution in [-0.4, -0.2) is 18.1 Å². The molecule has 1 aromatic rings. The second-order valence-corrected chi connectivity index (χ2v) is 3.56. The molecule has 6 heteroatoms. The highest BCUT2D eigenvalue weighted by atomic mass is 19.1. The molecule has 0 fully saturated rings. The Balaban J connectivity index is 3.20. The maximum atomic E-state index is 13.5. The summed E-state index contributed by atoms with van der Waals surface area (Å²) in [5, 5.41) is 13.4. The van der Waals surface area contributed by atoms with Gasteiger partial charge in [-0.3, -0.25) is 10.1 Å². The van der Waals surface area contributed by atoms with Crippen molar-refractivity contribution in [3.8, 4) is 5.75 Å². The van der Waals surface area contributed by atoms with E-state index in [1.165, 1.54) is 13.2 Å². The second-order valence-electron chi connectivity index (χ2n) is 3.56. The maximum absolute atomic E-state index is 13.5. The summed E-state index contributed by atoms with van der Waals surface area (Å²) in [5.41, 5.74) is -0.188. The van der Waals surface area contributed by atoms with Crippen LogP contribution in [0, 0.1) is 15.9 Å². The molecule has 5 nitrogen and oxygen atoms in total. The van der Waals surface area contributed by atoms with Gasteiger partial charge in [-0.2, -0.15) is 0 Å². The molecule has 0 aromatic heterocycles. The van der Waals surface area contributed by atoms with Crippen LogP contribution in [0.5, 0.6) is 5.75 Å². The average molecular weight is 228 g/mol. The smallest absolute Gasteiger partial charge is 0.313 e. The zero-order chi connectivity index (χ0) is 12.3. The van der Waals surface area contributed by atoms with Crippen molar-refractivity contribution in [2.75, 3.05) is 12.4 Å². The van der Waals surface area contributed by atoms with E-state index in [0.29, 0.717) is 0 Å². The molecular weight excluding hydrogens is 215 g/mol. The molecule has 0 heterocycles. The van der Waals surface area contributed by atoms with Gasteiger partial charge in [0.05, 0.1) is 23.8 Å². The lowest BCUT2D eigenvalue weighted by Gasteiger charge is -2.12. The van der Waals surface area contributed by atoms with Crippen molar-refractivity contribution >= 4 is 11.4 Å². The molecule has 0 saturated heterocycles. The number of rotatable bonds is 4. The van der Waals surface area contributed by atoms with Gasteiger partial charge in [-0.1, -0.05) is 0 Å². The monoisotopic (exact) mass is 228 g/mol. The van der Waals surface area contributed by atoms with Crippen LogP contribution in [0.4, 0.5) is 15.8 Å². The minimum atomic E-state index is -0.679. The SMILES string of the molecule is COc1cc(NC(C)C)c(F)cc1[N+](=O)[O-]. The molecule has 0 aliphatic rings. The van der Waals surface area contributed by atoms with Gasteiger partial charge in [0.2, 0.25) is 0 Å². The number of nitrogens with zero attached hydrogens (tertiary/aromatic N) is 1. The maximum Gasteiger partial charge on any atom is 0.313 e. The van der Waals surface area contributed by atoms with E-state index in [9.17, 15) is 14.5 Å². The molecule has 1 rings (SSSR count). The molecule has 0 saturated carbocycles. The Morgan fingerprint density at radius 3 is 2.56 bits per heavy atom. The molecule has 1 aromatic carbocycles. The van der Waals surface area contributed by atoms with E-state index in [0.717, 1.165) is 6.07 Å². The molecule has 0 bridgehead atoms.